The smallest absolute Gasteiger partial charge is 0.254 e. The highest BCUT2D eigenvalue weighted by atomic mass is 16.2. The third kappa shape index (κ3) is 1.65. The van der Waals surface area contributed by atoms with Crippen molar-refractivity contribution in [3.05, 3.63) is 48.2 Å². The van der Waals surface area contributed by atoms with Crippen molar-refractivity contribution in [3.8, 4) is 0 Å². The number of fused-ring (bicyclic) bond motifs is 1. The third-order valence-corrected chi connectivity index (χ3v) is 6.57. The largest absolute Gasteiger partial charge is 0.361 e. The van der Waals surface area contributed by atoms with Gasteiger partial charge >= 0.3 is 0 Å². The zero-order chi connectivity index (χ0) is 16.7. The summed E-state index contributed by atoms with van der Waals surface area (Å²) in [5, 5.41) is 6.47. The Hall–Kier alpha value is -2.69. The molecule has 1 aliphatic heterocycles. The van der Waals surface area contributed by atoms with Gasteiger partial charge in [0.2, 0.25) is 0 Å². The van der Waals surface area contributed by atoms with Crippen LogP contribution in [-0.4, -0.2) is 28.0 Å². The van der Waals surface area contributed by atoms with E-state index in [9.17, 15) is 9.59 Å². The maximum atomic E-state index is 12.9. The highest BCUT2D eigenvalue weighted by molar-refractivity contribution is 6.07. The fraction of sp³-hybridized carbons (Fsp3) is 0.350. The Balaban J connectivity index is 1.35. The first-order valence-electron chi connectivity index (χ1n) is 8.90. The molecule has 124 valence electrons. The van der Waals surface area contributed by atoms with Crippen molar-refractivity contribution < 1.29 is 9.59 Å². The van der Waals surface area contributed by atoms with Gasteiger partial charge in [-0.2, -0.15) is 10.1 Å². The molecule has 6 atom stereocenters. The molecule has 1 N–H and O–H groups in total. The second-order valence-corrected chi connectivity index (χ2v) is 7.68. The van der Waals surface area contributed by atoms with Crippen LogP contribution in [0.3, 0.4) is 0 Å². The highest BCUT2D eigenvalue weighted by Gasteiger charge is 2.67. The summed E-state index contributed by atoms with van der Waals surface area (Å²) < 4.78 is 0. The van der Waals surface area contributed by atoms with Gasteiger partial charge in [-0.3, -0.25) is 9.59 Å². The summed E-state index contributed by atoms with van der Waals surface area (Å²) in [4.78, 5) is 28.9. The van der Waals surface area contributed by atoms with Gasteiger partial charge in [0.15, 0.2) is 0 Å². The molecule has 2 saturated carbocycles. The van der Waals surface area contributed by atoms with Crippen LogP contribution in [0.4, 0.5) is 0 Å². The molecule has 5 aliphatic rings. The van der Waals surface area contributed by atoms with Gasteiger partial charge in [0, 0.05) is 22.7 Å². The summed E-state index contributed by atoms with van der Waals surface area (Å²) in [7, 11) is 0. The standard InChI is InChI=1S/C20H17N3O2/c24-19-17-12-5-6-13(15-7-14(12)15)18(17)20(25)23(19)22-9-10-8-21-16-4-2-1-3-11(10)16/h1-6,8-9,12-15,17-18,21H,7H2/b22-9-/t12-,13-,14-,15-,17-,18+/m1/s1. The number of aromatic nitrogens is 1. The minimum atomic E-state index is -0.189. The van der Waals surface area contributed by atoms with Gasteiger partial charge in [-0.1, -0.05) is 30.4 Å². The van der Waals surface area contributed by atoms with Crippen LogP contribution < -0.4 is 0 Å². The number of hydrogen-bond donors (Lipinski definition) is 1. The molecule has 3 fully saturated rings. The fourth-order valence-corrected chi connectivity index (χ4v) is 5.38. The minimum Gasteiger partial charge on any atom is -0.361 e. The Kier molecular flexibility index (Phi) is 2.43. The van der Waals surface area contributed by atoms with E-state index in [0.717, 1.165) is 21.5 Å². The van der Waals surface area contributed by atoms with Gasteiger partial charge in [0.1, 0.15) is 0 Å². The molecule has 25 heavy (non-hydrogen) atoms. The molecular weight excluding hydrogens is 314 g/mol. The molecule has 2 aromatic rings. The number of aromatic amines is 1. The predicted octanol–water partition coefficient (Wildman–Crippen LogP) is 2.55. The molecule has 2 heterocycles. The van der Waals surface area contributed by atoms with Crippen LogP contribution in [0.2, 0.25) is 0 Å². The Bertz CT molecular complexity index is 952. The number of carbonyl (C=O) groups is 2. The summed E-state index contributed by atoms with van der Waals surface area (Å²) in [5.74, 6) is 1.11. The molecular formula is C20H17N3O2. The Morgan fingerprint density at radius 2 is 1.72 bits per heavy atom. The summed E-state index contributed by atoms with van der Waals surface area (Å²) in [6.45, 7) is 0. The molecule has 1 saturated heterocycles. The number of allylic oxidation sites excluding steroid dienone is 2. The van der Waals surface area contributed by atoms with Crippen molar-refractivity contribution in [2.24, 2.45) is 40.6 Å². The topological polar surface area (TPSA) is 65.5 Å². The van der Waals surface area contributed by atoms with E-state index >= 15 is 0 Å². The van der Waals surface area contributed by atoms with E-state index in [1.807, 2.05) is 30.5 Å². The van der Waals surface area contributed by atoms with Crippen LogP contribution in [0.25, 0.3) is 10.9 Å². The van der Waals surface area contributed by atoms with Gasteiger partial charge in [-0.25, -0.2) is 0 Å². The van der Waals surface area contributed by atoms with E-state index in [4.69, 9.17) is 0 Å². The van der Waals surface area contributed by atoms with E-state index in [1.54, 1.807) is 6.21 Å². The number of hydrogen-bond acceptors (Lipinski definition) is 3. The molecule has 2 bridgehead atoms. The lowest BCUT2D eigenvalue weighted by Gasteiger charge is -2.37. The first kappa shape index (κ1) is 13.6. The lowest BCUT2D eigenvalue weighted by atomic mass is 9.63. The van der Waals surface area contributed by atoms with E-state index in [0.29, 0.717) is 11.8 Å². The first-order valence-corrected chi connectivity index (χ1v) is 8.90. The van der Waals surface area contributed by atoms with Gasteiger partial charge in [-0.15, -0.1) is 0 Å². The molecule has 0 radical (unpaired) electrons. The van der Waals surface area contributed by atoms with Crippen LogP contribution in [-0.2, 0) is 9.59 Å². The summed E-state index contributed by atoms with van der Waals surface area (Å²) in [6, 6.07) is 7.91. The monoisotopic (exact) mass is 331 g/mol. The van der Waals surface area contributed by atoms with Crippen LogP contribution in [0.5, 0.6) is 0 Å². The normalized spacial score (nSPS) is 38.0. The Labute approximate surface area is 144 Å². The van der Waals surface area contributed by atoms with E-state index in [-0.39, 0.29) is 35.5 Å². The molecule has 0 spiro atoms. The molecule has 4 aliphatic carbocycles. The lowest BCUT2D eigenvalue weighted by molar-refractivity contribution is -0.140. The van der Waals surface area contributed by atoms with Crippen LogP contribution in [0.15, 0.2) is 47.7 Å². The minimum absolute atomic E-state index is 0.115. The number of nitrogens with zero attached hydrogens (tertiary/aromatic N) is 2. The van der Waals surface area contributed by atoms with Gasteiger partial charge in [-0.05, 0) is 36.2 Å². The average molecular weight is 331 g/mol. The summed E-state index contributed by atoms with van der Waals surface area (Å²) in [5.41, 5.74) is 1.90. The maximum Gasteiger partial charge on any atom is 0.254 e. The molecule has 7 rings (SSSR count). The number of H-pyrrole nitrogens is 1. The van der Waals surface area contributed by atoms with Crippen LogP contribution >= 0.6 is 0 Å². The van der Waals surface area contributed by atoms with Crippen LogP contribution in [0.1, 0.15) is 12.0 Å². The molecule has 5 nitrogen and oxygen atoms in total. The Morgan fingerprint density at radius 3 is 2.44 bits per heavy atom. The van der Waals surface area contributed by atoms with Crippen molar-refractivity contribution >= 4 is 28.9 Å². The van der Waals surface area contributed by atoms with Gasteiger partial charge < -0.3 is 4.98 Å². The highest BCUT2D eigenvalue weighted by Crippen LogP contribution is 2.65. The molecule has 1 aromatic carbocycles. The lowest BCUT2D eigenvalue weighted by Crippen LogP contribution is -2.40. The average Bonchev–Trinajstić information content (AvgIpc) is 3.31. The number of benzene rings is 1. The molecule has 1 aromatic heterocycles. The Morgan fingerprint density at radius 1 is 1.04 bits per heavy atom. The van der Waals surface area contributed by atoms with Crippen molar-refractivity contribution in [1.82, 2.24) is 9.99 Å². The van der Waals surface area contributed by atoms with Crippen molar-refractivity contribution in [3.63, 3.8) is 0 Å². The number of rotatable bonds is 2. The number of amides is 2. The summed E-state index contributed by atoms with van der Waals surface area (Å²) >= 11 is 0. The second-order valence-electron chi connectivity index (χ2n) is 7.68. The zero-order valence-electron chi connectivity index (χ0n) is 13.5. The van der Waals surface area contributed by atoms with E-state index < -0.39 is 0 Å². The van der Waals surface area contributed by atoms with Crippen molar-refractivity contribution in [2.45, 2.75) is 6.42 Å². The second kappa shape index (κ2) is 4.48. The number of imide groups is 1. The van der Waals surface area contributed by atoms with E-state index in [2.05, 4.69) is 22.2 Å². The number of para-hydroxylation sites is 1. The van der Waals surface area contributed by atoms with Crippen molar-refractivity contribution in [1.29, 1.82) is 0 Å². The summed E-state index contributed by atoms with van der Waals surface area (Å²) in [6.07, 6.45) is 9.01. The molecule has 2 amide bonds. The number of carbonyl (C=O) groups excluding carboxylic acids is 2. The number of hydrazone groups is 1. The zero-order valence-corrected chi connectivity index (χ0v) is 13.5. The van der Waals surface area contributed by atoms with Crippen molar-refractivity contribution in [2.75, 3.05) is 0 Å². The van der Waals surface area contributed by atoms with Gasteiger partial charge in [0.05, 0.1) is 18.1 Å². The quantitative estimate of drug-likeness (QED) is 0.522. The van der Waals surface area contributed by atoms with Gasteiger partial charge in [0.25, 0.3) is 11.8 Å². The fourth-order valence-electron chi connectivity index (χ4n) is 5.38. The third-order valence-electron chi connectivity index (χ3n) is 6.57. The molecule has 5 heteroatoms. The SMILES string of the molecule is O=C1[C@@H]2[C@@H]3C=C[C@H]([C@H]4C[C@H]34)[C@@H]2C(=O)N1/N=C\c1c[nH]c2ccccc12. The maximum absolute atomic E-state index is 12.9. The first-order chi connectivity index (χ1) is 12.2. The molecule has 0 unspecified atom stereocenters. The predicted molar refractivity (Wildman–Crippen MR) is 92.4 cm³/mol. The van der Waals surface area contributed by atoms with Crippen LogP contribution in [0, 0.1) is 35.5 Å². The number of nitrogens with one attached hydrogen (secondary N) is 1. The van der Waals surface area contributed by atoms with E-state index in [1.165, 1.54) is 6.42 Å².